The quantitative estimate of drug-likeness (QED) is 0.766. The third-order valence-electron chi connectivity index (χ3n) is 2.66. The largest absolute Gasteiger partial charge is 0.396 e. The minimum absolute atomic E-state index is 0.0841. The average molecular weight is 257 g/mol. The van der Waals surface area contributed by atoms with Crippen molar-refractivity contribution in [3.8, 4) is 0 Å². The van der Waals surface area contributed by atoms with Crippen molar-refractivity contribution >= 4 is 17.4 Å². The number of hydrogen-bond donors (Lipinski definition) is 3. The molecule has 0 bridgehead atoms. The van der Waals surface area contributed by atoms with Gasteiger partial charge in [-0.05, 0) is 31.2 Å². The van der Waals surface area contributed by atoms with Crippen LogP contribution in [0.15, 0.2) is 36.5 Å². The summed E-state index contributed by atoms with van der Waals surface area (Å²) < 4.78 is 0. The summed E-state index contributed by atoms with van der Waals surface area (Å²) >= 11 is 0. The Hall–Kier alpha value is -2.63. The number of pyridine rings is 2. The number of carbonyl (C=O) groups is 1. The first-order valence-corrected chi connectivity index (χ1v) is 5.81. The highest BCUT2D eigenvalue weighted by Crippen LogP contribution is 2.21. The molecular weight excluding hydrogens is 242 g/mol. The van der Waals surface area contributed by atoms with E-state index in [1.165, 1.54) is 6.07 Å². The molecule has 1 unspecified atom stereocenters. The fourth-order valence-corrected chi connectivity index (χ4v) is 1.63. The van der Waals surface area contributed by atoms with E-state index < -0.39 is 5.91 Å². The highest BCUT2D eigenvalue weighted by molar-refractivity contribution is 5.91. The smallest absolute Gasteiger partial charge is 0.267 e. The predicted octanol–water partition coefficient (Wildman–Crippen LogP) is 1.33. The van der Waals surface area contributed by atoms with Gasteiger partial charge in [0.2, 0.25) is 0 Å². The van der Waals surface area contributed by atoms with Crippen molar-refractivity contribution in [2.45, 2.75) is 13.0 Å². The predicted molar refractivity (Wildman–Crippen MR) is 73.4 cm³/mol. The van der Waals surface area contributed by atoms with E-state index in [2.05, 4.69) is 15.3 Å². The summed E-state index contributed by atoms with van der Waals surface area (Å²) in [5.74, 6) is -0.164. The Morgan fingerprint density at radius 2 is 2.11 bits per heavy atom. The summed E-state index contributed by atoms with van der Waals surface area (Å²) in [6.07, 6.45) is 1.71. The van der Waals surface area contributed by atoms with Crippen LogP contribution < -0.4 is 16.8 Å². The van der Waals surface area contributed by atoms with E-state index in [1.54, 1.807) is 12.3 Å². The normalized spacial score (nSPS) is 11.8. The summed E-state index contributed by atoms with van der Waals surface area (Å²) in [5, 5.41) is 3.12. The molecule has 2 heterocycles. The number of carbonyl (C=O) groups excluding carboxylic acids is 1. The van der Waals surface area contributed by atoms with Gasteiger partial charge in [-0.2, -0.15) is 0 Å². The Kier molecular flexibility index (Phi) is 3.61. The maximum atomic E-state index is 11.1. The first-order valence-electron chi connectivity index (χ1n) is 5.81. The Morgan fingerprint density at radius 3 is 2.74 bits per heavy atom. The first kappa shape index (κ1) is 12.8. The third kappa shape index (κ3) is 2.98. The Balaban J connectivity index is 2.23. The van der Waals surface area contributed by atoms with Crippen LogP contribution in [0.3, 0.4) is 0 Å². The molecular formula is C13H15N5O. The number of nitrogen functional groups attached to an aromatic ring is 1. The van der Waals surface area contributed by atoms with Crippen molar-refractivity contribution < 1.29 is 4.79 Å². The highest BCUT2D eigenvalue weighted by atomic mass is 16.1. The molecule has 6 nitrogen and oxygen atoms in total. The van der Waals surface area contributed by atoms with Gasteiger partial charge < -0.3 is 16.8 Å². The Labute approximate surface area is 110 Å². The molecule has 0 aliphatic rings. The van der Waals surface area contributed by atoms with Crippen molar-refractivity contribution in [1.82, 2.24) is 9.97 Å². The molecule has 0 spiro atoms. The average Bonchev–Trinajstić information content (AvgIpc) is 2.42. The van der Waals surface area contributed by atoms with Crippen LogP contribution in [0.25, 0.3) is 0 Å². The van der Waals surface area contributed by atoms with Crippen LogP contribution >= 0.6 is 0 Å². The number of aromatic nitrogens is 2. The zero-order valence-corrected chi connectivity index (χ0v) is 10.5. The molecule has 2 aromatic heterocycles. The Bertz CT molecular complexity index is 585. The van der Waals surface area contributed by atoms with Gasteiger partial charge in [0.15, 0.2) is 5.82 Å². The Morgan fingerprint density at radius 1 is 1.32 bits per heavy atom. The lowest BCUT2D eigenvalue weighted by Crippen LogP contribution is -2.16. The minimum atomic E-state index is -0.589. The van der Waals surface area contributed by atoms with Crippen LogP contribution in [0.1, 0.15) is 29.1 Å². The molecule has 0 aromatic carbocycles. The van der Waals surface area contributed by atoms with E-state index in [-0.39, 0.29) is 11.7 Å². The molecule has 0 saturated heterocycles. The van der Waals surface area contributed by atoms with Gasteiger partial charge in [0.1, 0.15) is 5.69 Å². The molecule has 1 atom stereocenters. The van der Waals surface area contributed by atoms with E-state index in [1.807, 2.05) is 25.1 Å². The number of nitrogens with zero attached hydrogens (tertiary/aromatic N) is 2. The zero-order chi connectivity index (χ0) is 13.8. The zero-order valence-electron chi connectivity index (χ0n) is 10.5. The van der Waals surface area contributed by atoms with Gasteiger partial charge >= 0.3 is 0 Å². The van der Waals surface area contributed by atoms with Gasteiger partial charge in [-0.25, -0.2) is 4.98 Å². The first-order chi connectivity index (χ1) is 9.08. The molecule has 2 aromatic rings. The molecule has 1 amide bonds. The van der Waals surface area contributed by atoms with Crippen LogP contribution in [0.2, 0.25) is 0 Å². The topological polar surface area (TPSA) is 107 Å². The maximum Gasteiger partial charge on any atom is 0.267 e. The molecule has 0 aliphatic heterocycles. The van der Waals surface area contributed by atoms with Crippen molar-refractivity contribution in [3.63, 3.8) is 0 Å². The molecule has 2 rings (SSSR count). The molecule has 0 fully saturated rings. The highest BCUT2D eigenvalue weighted by Gasteiger charge is 2.11. The lowest BCUT2D eigenvalue weighted by atomic mass is 10.2. The number of hydrogen-bond acceptors (Lipinski definition) is 5. The van der Waals surface area contributed by atoms with E-state index in [0.29, 0.717) is 11.5 Å². The van der Waals surface area contributed by atoms with Gasteiger partial charge in [-0.3, -0.25) is 9.78 Å². The number of primary amides is 1. The SMILES string of the molecule is CC(Nc1nc(C(N)=O)ccc1N)c1ccccn1. The van der Waals surface area contributed by atoms with Gasteiger partial charge in [-0.15, -0.1) is 0 Å². The number of amides is 1. The van der Waals surface area contributed by atoms with Gasteiger partial charge in [-0.1, -0.05) is 6.07 Å². The molecule has 0 radical (unpaired) electrons. The molecule has 19 heavy (non-hydrogen) atoms. The fraction of sp³-hybridized carbons (Fsp3) is 0.154. The lowest BCUT2D eigenvalue weighted by molar-refractivity contribution is 0.0995. The summed E-state index contributed by atoms with van der Waals surface area (Å²) in [5.41, 5.74) is 12.5. The summed E-state index contributed by atoms with van der Waals surface area (Å²) in [7, 11) is 0. The van der Waals surface area contributed by atoms with Crippen molar-refractivity contribution in [2.75, 3.05) is 11.1 Å². The molecule has 0 saturated carbocycles. The number of nitrogens with two attached hydrogens (primary N) is 2. The summed E-state index contributed by atoms with van der Waals surface area (Å²) in [6, 6.07) is 8.65. The van der Waals surface area contributed by atoms with Crippen LogP contribution in [-0.4, -0.2) is 15.9 Å². The van der Waals surface area contributed by atoms with Gasteiger partial charge in [0.05, 0.1) is 17.4 Å². The van der Waals surface area contributed by atoms with Crippen LogP contribution in [0.4, 0.5) is 11.5 Å². The third-order valence-corrected chi connectivity index (χ3v) is 2.66. The number of rotatable bonds is 4. The molecule has 0 aliphatic carbocycles. The minimum Gasteiger partial charge on any atom is -0.396 e. The number of anilines is 2. The standard InChI is InChI=1S/C13H15N5O/c1-8(10-4-2-3-7-16-10)17-13-9(14)5-6-11(18-13)12(15)19/h2-8H,14H2,1H3,(H2,15,19)(H,17,18). The summed E-state index contributed by atoms with van der Waals surface area (Å²) in [6.45, 7) is 1.93. The van der Waals surface area contributed by atoms with E-state index in [0.717, 1.165) is 5.69 Å². The summed E-state index contributed by atoms with van der Waals surface area (Å²) in [4.78, 5) is 19.4. The van der Waals surface area contributed by atoms with Gasteiger partial charge in [0, 0.05) is 6.20 Å². The number of nitrogens with one attached hydrogen (secondary N) is 1. The van der Waals surface area contributed by atoms with Crippen molar-refractivity contribution in [2.24, 2.45) is 5.73 Å². The monoisotopic (exact) mass is 257 g/mol. The lowest BCUT2D eigenvalue weighted by Gasteiger charge is -2.15. The van der Waals surface area contributed by atoms with Crippen molar-refractivity contribution in [1.29, 1.82) is 0 Å². The van der Waals surface area contributed by atoms with Crippen molar-refractivity contribution in [3.05, 3.63) is 47.9 Å². The molecule has 6 heteroatoms. The molecule has 5 N–H and O–H groups in total. The second kappa shape index (κ2) is 5.34. The fourth-order valence-electron chi connectivity index (χ4n) is 1.63. The van der Waals surface area contributed by atoms with E-state index in [4.69, 9.17) is 11.5 Å². The maximum absolute atomic E-state index is 11.1. The molecule has 98 valence electrons. The second-order valence-corrected chi connectivity index (χ2v) is 4.12. The van der Waals surface area contributed by atoms with Crippen LogP contribution in [0, 0.1) is 0 Å². The van der Waals surface area contributed by atoms with Crippen LogP contribution in [0.5, 0.6) is 0 Å². The van der Waals surface area contributed by atoms with E-state index >= 15 is 0 Å². The van der Waals surface area contributed by atoms with Crippen LogP contribution in [-0.2, 0) is 0 Å². The van der Waals surface area contributed by atoms with Gasteiger partial charge in [0.25, 0.3) is 5.91 Å². The second-order valence-electron chi connectivity index (χ2n) is 4.12. The van der Waals surface area contributed by atoms with E-state index in [9.17, 15) is 4.79 Å².